The van der Waals surface area contributed by atoms with E-state index in [-0.39, 0.29) is 17.5 Å². The van der Waals surface area contributed by atoms with Crippen molar-refractivity contribution in [2.24, 2.45) is 5.92 Å². The average molecular weight is 344 g/mol. The number of sulfone groups is 1. The van der Waals surface area contributed by atoms with Gasteiger partial charge in [-0.25, -0.2) is 8.42 Å². The molecule has 1 aliphatic rings. The lowest BCUT2D eigenvalue weighted by molar-refractivity contribution is -0.148. The fraction of sp³-hybridized carbons (Fsp3) is 1.00. The van der Waals surface area contributed by atoms with Crippen LogP contribution in [-0.2, 0) is 9.84 Å². The van der Waals surface area contributed by atoms with Gasteiger partial charge in [-0.05, 0) is 51.7 Å². The Kier molecular flexibility index (Phi) is 7.61. The van der Waals surface area contributed by atoms with Crippen LogP contribution in [0.1, 0.15) is 33.1 Å². The first-order valence-corrected chi connectivity index (χ1v) is 9.66. The molecule has 0 aromatic rings. The summed E-state index contributed by atoms with van der Waals surface area (Å²) in [7, 11) is -2.97. The molecule has 22 heavy (non-hydrogen) atoms. The molecule has 1 aliphatic heterocycles. The number of nitrogens with zero attached hydrogens (tertiary/aromatic N) is 1. The molecule has 0 aromatic heterocycles. The molecule has 1 N–H and O–H groups in total. The van der Waals surface area contributed by atoms with Gasteiger partial charge in [0.15, 0.2) is 9.84 Å². The van der Waals surface area contributed by atoms with Crippen molar-refractivity contribution in [3.8, 4) is 0 Å². The highest BCUT2D eigenvalue weighted by Gasteiger charge is 2.32. The largest absolute Gasteiger partial charge is 0.401 e. The maximum Gasteiger partial charge on any atom is 0.401 e. The summed E-state index contributed by atoms with van der Waals surface area (Å²) in [5.74, 6) is 0.705. The van der Waals surface area contributed by atoms with Gasteiger partial charge < -0.3 is 5.32 Å². The minimum absolute atomic E-state index is 0.0877. The van der Waals surface area contributed by atoms with Crippen LogP contribution in [0.15, 0.2) is 0 Å². The molecule has 8 heteroatoms. The minimum atomic E-state index is -4.12. The fourth-order valence-electron chi connectivity index (χ4n) is 2.78. The van der Waals surface area contributed by atoms with E-state index in [1.54, 1.807) is 6.92 Å². The van der Waals surface area contributed by atoms with Gasteiger partial charge in [-0.3, -0.25) is 4.90 Å². The predicted molar refractivity (Wildman–Crippen MR) is 81.6 cm³/mol. The number of hydrogen-bond donors (Lipinski definition) is 1. The summed E-state index contributed by atoms with van der Waals surface area (Å²) in [6, 6.07) is -0.0877. The van der Waals surface area contributed by atoms with E-state index in [2.05, 4.69) is 5.32 Å². The van der Waals surface area contributed by atoms with Gasteiger partial charge in [0, 0.05) is 11.8 Å². The number of piperidine rings is 1. The zero-order chi connectivity index (χ0) is 16.8. The van der Waals surface area contributed by atoms with Crippen LogP contribution >= 0.6 is 0 Å². The van der Waals surface area contributed by atoms with Gasteiger partial charge in [-0.1, -0.05) is 6.92 Å². The normalized spacial score (nSPS) is 20.2. The van der Waals surface area contributed by atoms with E-state index in [0.717, 1.165) is 19.3 Å². The van der Waals surface area contributed by atoms with Crippen LogP contribution in [0.3, 0.4) is 0 Å². The molecule has 0 radical (unpaired) electrons. The van der Waals surface area contributed by atoms with Crippen LogP contribution in [-0.4, -0.2) is 63.2 Å². The summed E-state index contributed by atoms with van der Waals surface area (Å²) < 4.78 is 59.9. The summed E-state index contributed by atoms with van der Waals surface area (Å²) in [4.78, 5) is 1.46. The van der Waals surface area contributed by atoms with Crippen molar-refractivity contribution in [2.75, 3.05) is 37.7 Å². The highest BCUT2D eigenvalue weighted by atomic mass is 32.2. The molecule has 4 nitrogen and oxygen atoms in total. The number of likely N-dealkylation sites (tertiary alicyclic amines) is 1. The van der Waals surface area contributed by atoms with E-state index in [9.17, 15) is 21.6 Å². The van der Waals surface area contributed by atoms with Gasteiger partial charge in [-0.15, -0.1) is 0 Å². The molecular formula is C14H27F3N2O2S. The summed E-state index contributed by atoms with van der Waals surface area (Å²) in [6.45, 7) is 4.36. The van der Waals surface area contributed by atoms with E-state index in [0.29, 0.717) is 25.6 Å². The average Bonchev–Trinajstić information content (AvgIpc) is 2.38. The van der Waals surface area contributed by atoms with Crippen molar-refractivity contribution in [1.29, 1.82) is 0 Å². The summed E-state index contributed by atoms with van der Waals surface area (Å²) >= 11 is 0. The van der Waals surface area contributed by atoms with Crippen LogP contribution in [0.25, 0.3) is 0 Å². The molecule has 0 aliphatic carbocycles. The van der Waals surface area contributed by atoms with Crippen molar-refractivity contribution in [2.45, 2.75) is 45.3 Å². The van der Waals surface area contributed by atoms with Crippen molar-refractivity contribution in [1.82, 2.24) is 10.2 Å². The summed E-state index contributed by atoms with van der Waals surface area (Å²) in [6.07, 6.45) is -1.68. The lowest BCUT2D eigenvalue weighted by atomic mass is 9.93. The number of hydrogen-bond acceptors (Lipinski definition) is 4. The zero-order valence-electron chi connectivity index (χ0n) is 13.3. The van der Waals surface area contributed by atoms with Crippen LogP contribution in [0.2, 0.25) is 0 Å². The second-order valence-corrected chi connectivity index (χ2v) is 8.58. The number of nitrogens with one attached hydrogen (secondary N) is 1. The highest BCUT2D eigenvalue weighted by Crippen LogP contribution is 2.23. The third kappa shape index (κ3) is 8.33. The second kappa shape index (κ2) is 8.49. The van der Waals surface area contributed by atoms with Crippen molar-refractivity contribution in [3.05, 3.63) is 0 Å². The number of halogens is 3. The van der Waals surface area contributed by atoms with Crippen LogP contribution in [0.4, 0.5) is 13.2 Å². The third-order valence-electron chi connectivity index (χ3n) is 4.10. The topological polar surface area (TPSA) is 49.4 Å². The van der Waals surface area contributed by atoms with E-state index >= 15 is 0 Å². The molecule has 1 saturated heterocycles. The Hall–Kier alpha value is -0.340. The SMILES string of the molecule is CCS(=O)(=O)CC(C)NCCC1CCN(CC(F)(F)F)CC1. The van der Waals surface area contributed by atoms with Gasteiger partial charge in [0.05, 0.1) is 12.3 Å². The van der Waals surface area contributed by atoms with Crippen LogP contribution in [0.5, 0.6) is 0 Å². The molecule has 1 fully saturated rings. The molecule has 0 amide bonds. The Balaban J connectivity index is 2.17. The highest BCUT2D eigenvalue weighted by molar-refractivity contribution is 7.91. The maximum absolute atomic E-state index is 12.3. The molecule has 1 unspecified atom stereocenters. The Morgan fingerprint density at radius 2 is 1.86 bits per heavy atom. The monoisotopic (exact) mass is 344 g/mol. The van der Waals surface area contributed by atoms with Gasteiger partial charge in [0.1, 0.15) is 0 Å². The second-order valence-electron chi connectivity index (χ2n) is 6.18. The third-order valence-corrected chi connectivity index (χ3v) is 5.99. The standard InChI is InChI=1S/C14H27F3N2O2S/c1-3-22(20,21)10-12(2)18-7-4-13-5-8-19(9-6-13)11-14(15,16)17/h12-13,18H,3-11H2,1-2H3. The van der Waals surface area contributed by atoms with Gasteiger partial charge in [-0.2, -0.15) is 13.2 Å². The van der Waals surface area contributed by atoms with E-state index in [4.69, 9.17) is 0 Å². The first-order valence-electron chi connectivity index (χ1n) is 7.84. The molecule has 1 atom stereocenters. The number of alkyl halides is 3. The van der Waals surface area contributed by atoms with Crippen molar-refractivity contribution < 1.29 is 21.6 Å². The molecule has 0 saturated carbocycles. The van der Waals surface area contributed by atoms with Gasteiger partial charge >= 0.3 is 6.18 Å². The Bertz CT molecular complexity index is 418. The zero-order valence-corrected chi connectivity index (χ0v) is 14.1. The molecule has 0 spiro atoms. The summed E-state index contributed by atoms with van der Waals surface area (Å²) in [5, 5.41) is 3.20. The maximum atomic E-state index is 12.3. The molecular weight excluding hydrogens is 317 g/mol. The van der Waals surface area contributed by atoms with Gasteiger partial charge in [0.25, 0.3) is 0 Å². The molecule has 0 bridgehead atoms. The quantitative estimate of drug-likeness (QED) is 0.732. The fourth-order valence-corrected chi connectivity index (χ4v) is 3.89. The molecule has 1 rings (SSSR count). The summed E-state index contributed by atoms with van der Waals surface area (Å²) in [5.41, 5.74) is 0. The molecule has 132 valence electrons. The van der Waals surface area contributed by atoms with Gasteiger partial charge in [0.2, 0.25) is 0 Å². The lowest BCUT2D eigenvalue weighted by Gasteiger charge is -2.32. The molecule has 0 aromatic carbocycles. The van der Waals surface area contributed by atoms with E-state index in [1.807, 2.05) is 6.92 Å². The van der Waals surface area contributed by atoms with Crippen LogP contribution < -0.4 is 5.32 Å². The lowest BCUT2D eigenvalue weighted by Crippen LogP contribution is -2.41. The predicted octanol–water partition coefficient (Wildman–Crippen LogP) is 2.06. The van der Waals surface area contributed by atoms with E-state index in [1.165, 1.54) is 4.90 Å². The van der Waals surface area contributed by atoms with Crippen LogP contribution in [0, 0.1) is 5.92 Å². The smallest absolute Gasteiger partial charge is 0.313 e. The minimum Gasteiger partial charge on any atom is -0.313 e. The first kappa shape index (κ1) is 19.7. The Morgan fingerprint density at radius 3 is 2.36 bits per heavy atom. The van der Waals surface area contributed by atoms with Crippen molar-refractivity contribution in [3.63, 3.8) is 0 Å². The Morgan fingerprint density at radius 1 is 1.27 bits per heavy atom. The van der Waals surface area contributed by atoms with E-state index < -0.39 is 22.6 Å². The molecule has 1 heterocycles. The number of rotatable bonds is 8. The Labute approximate surface area is 131 Å². The van der Waals surface area contributed by atoms with Crippen molar-refractivity contribution >= 4 is 9.84 Å². The first-order chi connectivity index (χ1) is 10.1.